The molecule has 0 aliphatic carbocycles. The molecule has 30 heavy (non-hydrogen) atoms. The molecule has 182 valence electrons. The van der Waals surface area contributed by atoms with E-state index < -0.39 is 40.6 Å². The highest BCUT2D eigenvalue weighted by atomic mass is 35.5. The lowest BCUT2D eigenvalue weighted by atomic mass is 10.1. The molecule has 1 rings (SSSR count). The summed E-state index contributed by atoms with van der Waals surface area (Å²) in [5, 5.41) is 48.7. The van der Waals surface area contributed by atoms with E-state index in [4.69, 9.17) is 4.74 Å². The van der Waals surface area contributed by atoms with Gasteiger partial charge in [0.1, 0.15) is 35.9 Å². The summed E-state index contributed by atoms with van der Waals surface area (Å²) in [5.74, 6) is 0.697. The van der Waals surface area contributed by atoms with Gasteiger partial charge in [-0.15, -0.1) is 0 Å². The van der Waals surface area contributed by atoms with Crippen molar-refractivity contribution in [3.63, 3.8) is 0 Å². The van der Waals surface area contributed by atoms with E-state index in [9.17, 15) is 25.5 Å². The van der Waals surface area contributed by atoms with Gasteiger partial charge < -0.3 is 42.7 Å². The maximum Gasteiger partial charge on any atom is 0.169 e. The summed E-state index contributed by atoms with van der Waals surface area (Å²) in [5.41, 5.74) is 0. The number of hydrogen-bond donors (Lipinski definition) is 5. The smallest absolute Gasteiger partial charge is 0.169 e. The van der Waals surface area contributed by atoms with E-state index in [-0.39, 0.29) is 25.6 Å². The van der Waals surface area contributed by atoms with Crippen molar-refractivity contribution in [3.05, 3.63) is 0 Å². The zero-order valence-electron chi connectivity index (χ0n) is 18.6. The number of halogens is 1. The quantitative estimate of drug-likeness (QED) is 0.126. The standard InChI is InChI=1S/C22H45O6S.ClH/c1-2-3-4-5-6-7-8-9-10-11-12-13-28-20(14-23)18(25)16-29-17-19(26)22(27)21(29)15-24;/h18-27H,2-17H2,1H3;1H/q+1;/p-1/t18?,19-,20+,21-,22+,29?;/m1./s1. The first-order valence-corrected chi connectivity index (χ1v) is 13.2. The molecule has 0 radical (unpaired) electrons. The Balaban J connectivity index is 0.00000841. The summed E-state index contributed by atoms with van der Waals surface area (Å²) in [6.45, 7) is 2.29. The van der Waals surface area contributed by atoms with Gasteiger partial charge in [-0.25, -0.2) is 0 Å². The van der Waals surface area contributed by atoms with Gasteiger partial charge in [0.2, 0.25) is 0 Å². The summed E-state index contributed by atoms with van der Waals surface area (Å²) in [7, 11) is -0.486. The Morgan fingerprint density at radius 3 is 1.93 bits per heavy atom. The van der Waals surface area contributed by atoms with Crippen molar-refractivity contribution < 1.29 is 42.7 Å². The summed E-state index contributed by atoms with van der Waals surface area (Å²) < 4.78 is 5.69. The maximum atomic E-state index is 10.4. The topological polar surface area (TPSA) is 110 Å². The zero-order valence-corrected chi connectivity index (χ0v) is 20.2. The summed E-state index contributed by atoms with van der Waals surface area (Å²) in [6.07, 6.45) is 10.5. The fraction of sp³-hybridized carbons (Fsp3) is 1.00. The molecule has 5 N–H and O–H groups in total. The number of aliphatic hydroxyl groups is 5. The van der Waals surface area contributed by atoms with Crippen molar-refractivity contribution in [2.24, 2.45) is 0 Å². The minimum Gasteiger partial charge on any atom is -1.00 e. The lowest BCUT2D eigenvalue weighted by molar-refractivity contribution is -0.0555. The fourth-order valence-corrected chi connectivity index (χ4v) is 6.61. The van der Waals surface area contributed by atoms with Crippen LogP contribution >= 0.6 is 0 Å². The van der Waals surface area contributed by atoms with Crippen LogP contribution in [0.3, 0.4) is 0 Å². The van der Waals surface area contributed by atoms with Gasteiger partial charge in [0.05, 0.1) is 13.2 Å². The van der Waals surface area contributed by atoms with E-state index in [0.29, 0.717) is 18.1 Å². The van der Waals surface area contributed by atoms with Gasteiger partial charge in [-0.3, -0.25) is 0 Å². The average Bonchev–Trinajstić information content (AvgIpc) is 2.98. The zero-order chi connectivity index (χ0) is 21.5. The van der Waals surface area contributed by atoms with Crippen molar-refractivity contribution in [2.75, 3.05) is 31.3 Å². The number of unbranched alkanes of at least 4 members (excludes halogenated alkanes) is 10. The number of hydrogen-bond acceptors (Lipinski definition) is 6. The third kappa shape index (κ3) is 11.9. The monoisotopic (exact) mass is 472 g/mol. The molecule has 0 aromatic rings. The predicted molar refractivity (Wildman–Crippen MR) is 119 cm³/mol. The predicted octanol–water partition coefficient (Wildman–Crippen LogP) is -1.25. The Hall–Kier alpha value is 0.400. The molecule has 0 aromatic heterocycles. The second kappa shape index (κ2) is 18.9. The van der Waals surface area contributed by atoms with Gasteiger partial charge in [0.15, 0.2) is 5.25 Å². The fourth-order valence-electron chi connectivity index (χ4n) is 3.90. The first-order chi connectivity index (χ1) is 14.0. The molecule has 6 nitrogen and oxygen atoms in total. The van der Waals surface area contributed by atoms with Gasteiger partial charge >= 0.3 is 0 Å². The molecule has 8 heteroatoms. The molecule has 0 aromatic carbocycles. The maximum absolute atomic E-state index is 10.4. The Labute approximate surface area is 192 Å². The Morgan fingerprint density at radius 1 is 0.900 bits per heavy atom. The first-order valence-electron chi connectivity index (χ1n) is 11.6. The van der Waals surface area contributed by atoms with E-state index in [1.165, 1.54) is 57.8 Å². The lowest BCUT2D eigenvalue weighted by Crippen LogP contribution is -3.00. The van der Waals surface area contributed by atoms with Crippen LogP contribution in [0.5, 0.6) is 0 Å². The Bertz CT molecular complexity index is 393. The van der Waals surface area contributed by atoms with E-state index in [1.54, 1.807) is 0 Å². The van der Waals surface area contributed by atoms with Crippen LogP contribution in [-0.2, 0) is 15.6 Å². The van der Waals surface area contributed by atoms with E-state index in [2.05, 4.69) is 6.92 Å². The van der Waals surface area contributed by atoms with Gasteiger partial charge in [-0.2, -0.15) is 0 Å². The molecular formula is C22H45ClO6S. The second-order valence-electron chi connectivity index (χ2n) is 8.34. The molecule has 2 unspecified atom stereocenters. The van der Waals surface area contributed by atoms with E-state index in [0.717, 1.165) is 12.8 Å². The molecule has 1 aliphatic rings. The molecule has 1 fully saturated rings. The lowest BCUT2D eigenvalue weighted by Gasteiger charge is -2.22. The van der Waals surface area contributed by atoms with Gasteiger partial charge in [-0.05, 0) is 6.42 Å². The van der Waals surface area contributed by atoms with Gasteiger partial charge in [-0.1, -0.05) is 71.1 Å². The van der Waals surface area contributed by atoms with Crippen molar-refractivity contribution in [1.82, 2.24) is 0 Å². The molecule has 1 saturated heterocycles. The highest BCUT2D eigenvalue weighted by Gasteiger charge is 2.50. The number of ether oxygens (including phenoxy) is 1. The average molecular weight is 473 g/mol. The van der Waals surface area contributed by atoms with E-state index in [1.807, 2.05) is 0 Å². The summed E-state index contributed by atoms with van der Waals surface area (Å²) in [4.78, 5) is 0. The van der Waals surface area contributed by atoms with E-state index >= 15 is 0 Å². The normalized spacial score (nSPS) is 25.8. The summed E-state index contributed by atoms with van der Waals surface area (Å²) in [6, 6.07) is 0. The van der Waals surface area contributed by atoms with Gasteiger partial charge in [0, 0.05) is 17.5 Å². The minimum atomic E-state index is -0.944. The summed E-state index contributed by atoms with van der Waals surface area (Å²) >= 11 is 0. The third-order valence-corrected chi connectivity index (χ3v) is 8.67. The molecule has 0 saturated carbocycles. The molecule has 0 spiro atoms. The molecule has 0 amide bonds. The van der Waals surface area contributed by atoms with Crippen LogP contribution in [0.15, 0.2) is 0 Å². The van der Waals surface area contributed by atoms with Crippen LogP contribution in [0, 0.1) is 0 Å². The molecule has 6 atom stereocenters. The van der Waals surface area contributed by atoms with Crippen molar-refractivity contribution >= 4 is 10.9 Å². The van der Waals surface area contributed by atoms with Crippen LogP contribution in [0.4, 0.5) is 0 Å². The third-order valence-electron chi connectivity index (χ3n) is 5.84. The van der Waals surface area contributed by atoms with Crippen molar-refractivity contribution in [2.45, 2.75) is 107 Å². The molecular weight excluding hydrogens is 428 g/mol. The van der Waals surface area contributed by atoms with Crippen LogP contribution in [0.25, 0.3) is 0 Å². The van der Waals surface area contributed by atoms with Crippen molar-refractivity contribution in [1.29, 1.82) is 0 Å². The minimum absolute atomic E-state index is 0. The molecule has 1 aliphatic heterocycles. The highest BCUT2D eigenvalue weighted by molar-refractivity contribution is 7.97. The van der Waals surface area contributed by atoms with Crippen LogP contribution in [0.1, 0.15) is 77.6 Å². The SMILES string of the molecule is CCCCCCCCCCCCCO[C@@H](CO)C(O)C[S+]1C[C@@H](O)[C@H](O)[C@H]1CO.[Cl-]. The first kappa shape index (κ1) is 30.4. The Morgan fingerprint density at radius 2 is 1.43 bits per heavy atom. The Kier molecular flexibility index (Phi) is 19.2. The molecule has 0 bridgehead atoms. The highest BCUT2D eigenvalue weighted by Crippen LogP contribution is 2.25. The van der Waals surface area contributed by atoms with Gasteiger partial charge in [0.25, 0.3) is 0 Å². The van der Waals surface area contributed by atoms with Crippen LogP contribution in [-0.4, -0.2) is 86.5 Å². The second-order valence-corrected chi connectivity index (χ2v) is 10.7. The molecule has 1 heterocycles. The van der Waals surface area contributed by atoms with Crippen LogP contribution < -0.4 is 12.4 Å². The number of aliphatic hydroxyl groups excluding tert-OH is 5. The largest absolute Gasteiger partial charge is 1.00 e. The number of rotatable bonds is 18. The van der Waals surface area contributed by atoms with Crippen LogP contribution in [0.2, 0.25) is 0 Å². The van der Waals surface area contributed by atoms with Crippen molar-refractivity contribution in [3.8, 4) is 0 Å².